The Balaban J connectivity index is 2.36. The Morgan fingerprint density at radius 2 is 2.00 bits per heavy atom. The van der Waals surface area contributed by atoms with Crippen molar-refractivity contribution in [2.24, 2.45) is 0 Å². The Morgan fingerprint density at radius 3 is 2.59 bits per heavy atom. The van der Waals surface area contributed by atoms with Crippen molar-refractivity contribution < 1.29 is 14.3 Å². The van der Waals surface area contributed by atoms with Crippen molar-refractivity contribution >= 4 is 17.8 Å². The lowest BCUT2D eigenvalue weighted by molar-refractivity contribution is 0.0615. The standard InChI is InChI=1S/C13H17ClO3/c1-3-4-5-10(2)16-13(15)17-12-8-6-11(14)7-9-12/h6-10H,3-5H2,1-2H3. The van der Waals surface area contributed by atoms with Gasteiger partial charge in [-0.1, -0.05) is 31.4 Å². The van der Waals surface area contributed by atoms with E-state index in [0.717, 1.165) is 19.3 Å². The molecule has 1 aromatic rings. The minimum atomic E-state index is -0.670. The number of rotatable bonds is 5. The lowest BCUT2D eigenvalue weighted by atomic mass is 10.2. The first kappa shape index (κ1) is 13.8. The highest BCUT2D eigenvalue weighted by molar-refractivity contribution is 6.30. The Kier molecular flexibility index (Phi) is 5.84. The fourth-order valence-electron chi connectivity index (χ4n) is 1.34. The quantitative estimate of drug-likeness (QED) is 0.577. The number of carbonyl (C=O) groups excluding carboxylic acids is 1. The second-order valence-corrected chi connectivity index (χ2v) is 4.31. The molecule has 0 radical (unpaired) electrons. The number of ether oxygens (including phenoxy) is 2. The van der Waals surface area contributed by atoms with Crippen LogP contribution in [-0.2, 0) is 4.74 Å². The summed E-state index contributed by atoms with van der Waals surface area (Å²) in [4.78, 5) is 11.4. The molecule has 4 heteroatoms. The number of carbonyl (C=O) groups is 1. The number of benzene rings is 1. The van der Waals surface area contributed by atoms with Crippen molar-refractivity contribution in [1.29, 1.82) is 0 Å². The highest BCUT2D eigenvalue weighted by atomic mass is 35.5. The lowest BCUT2D eigenvalue weighted by Crippen LogP contribution is -2.18. The van der Waals surface area contributed by atoms with Crippen molar-refractivity contribution in [2.75, 3.05) is 0 Å². The van der Waals surface area contributed by atoms with E-state index in [-0.39, 0.29) is 6.10 Å². The summed E-state index contributed by atoms with van der Waals surface area (Å²) in [6, 6.07) is 6.57. The zero-order valence-electron chi connectivity index (χ0n) is 10.1. The molecule has 0 aliphatic rings. The van der Waals surface area contributed by atoms with Crippen LogP contribution in [0.3, 0.4) is 0 Å². The van der Waals surface area contributed by atoms with Crippen LogP contribution in [0.2, 0.25) is 5.02 Å². The van der Waals surface area contributed by atoms with Gasteiger partial charge in [-0.3, -0.25) is 0 Å². The first-order valence-electron chi connectivity index (χ1n) is 5.76. The molecule has 1 atom stereocenters. The highest BCUT2D eigenvalue weighted by Crippen LogP contribution is 2.16. The predicted octanol–water partition coefficient (Wildman–Crippen LogP) is 4.43. The average Bonchev–Trinajstić information content (AvgIpc) is 2.29. The predicted molar refractivity (Wildman–Crippen MR) is 67.5 cm³/mol. The maximum Gasteiger partial charge on any atom is 0.514 e. The van der Waals surface area contributed by atoms with Gasteiger partial charge in [-0.05, 0) is 37.6 Å². The molecule has 1 unspecified atom stereocenters. The van der Waals surface area contributed by atoms with Gasteiger partial charge in [-0.2, -0.15) is 0 Å². The van der Waals surface area contributed by atoms with E-state index >= 15 is 0 Å². The molecule has 0 spiro atoms. The summed E-state index contributed by atoms with van der Waals surface area (Å²) in [6.45, 7) is 3.96. The molecule has 0 heterocycles. The smallest absolute Gasteiger partial charge is 0.431 e. The molecule has 0 bridgehead atoms. The first-order valence-corrected chi connectivity index (χ1v) is 6.13. The van der Waals surface area contributed by atoms with Crippen molar-refractivity contribution in [3.05, 3.63) is 29.3 Å². The van der Waals surface area contributed by atoms with Crippen LogP contribution in [0.15, 0.2) is 24.3 Å². The van der Waals surface area contributed by atoms with Crippen LogP contribution >= 0.6 is 11.6 Å². The maximum absolute atomic E-state index is 11.4. The Bertz CT molecular complexity index is 348. The van der Waals surface area contributed by atoms with Crippen LogP contribution in [0.1, 0.15) is 33.1 Å². The maximum atomic E-state index is 11.4. The van der Waals surface area contributed by atoms with Crippen molar-refractivity contribution in [1.82, 2.24) is 0 Å². The van der Waals surface area contributed by atoms with Gasteiger partial charge in [0.05, 0.1) is 0 Å². The molecule has 0 aliphatic heterocycles. The van der Waals surface area contributed by atoms with E-state index < -0.39 is 6.16 Å². The zero-order valence-corrected chi connectivity index (χ0v) is 10.9. The zero-order chi connectivity index (χ0) is 12.7. The van der Waals surface area contributed by atoms with E-state index in [1.165, 1.54) is 0 Å². The van der Waals surface area contributed by atoms with Crippen LogP contribution < -0.4 is 4.74 Å². The molecule has 94 valence electrons. The molecule has 0 saturated carbocycles. The normalized spacial score (nSPS) is 11.9. The fraction of sp³-hybridized carbons (Fsp3) is 0.462. The van der Waals surface area contributed by atoms with Crippen LogP contribution in [0.5, 0.6) is 5.75 Å². The molecule has 0 fully saturated rings. The number of hydrogen-bond acceptors (Lipinski definition) is 3. The molecule has 0 N–H and O–H groups in total. The van der Waals surface area contributed by atoms with E-state index in [1.54, 1.807) is 24.3 Å². The van der Waals surface area contributed by atoms with E-state index in [0.29, 0.717) is 10.8 Å². The van der Waals surface area contributed by atoms with Gasteiger partial charge in [-0.15, -0.1) is 0 Å². The first-order chi connectivity index (χ1) is 8.11. The highest BCUT2D eigenvalue weighted by Gasteiger charge is 2.11. The molecule has 0 aliphatic carbocycles. The molecular weight excluding hydrogens is 240 g/mol. The third-order valence-electron chi connectivity index (χ3n) is 2.28. The summed E-state index contributed by atoms with van der Waals surface area (Å²) in [7, 11) is 0. The van der Waals surface area contributed by atoms with Gasteiger partial charge in [0.2, 0.25) is 0 Å². The van der Waals surface area contributed by atoms with Crippen molar-refractivity contribution in [3.63, 3.8) is 0 Å². The largest absolute Gasteiger partial charge is 0.514 e. The molecule has 1 rings (SSSR count). The third-order valence-corrected chi connectivity index (χ3v) is 2.53. The fourth-order valence-corrected chi connectivity index (χ4v) is 1.46. The lowest BCUT2D eigenvalue weighted by Gasteiger charge is -2.12. The van der Waals surface area contributed by atoms with Gasteiger partial charge in [0.15, 0.2) is 0 Å². The summed E-state index contributed by atoms with van der Waals surface area (Å²) in [5.41, 5.74) is 0. The summed E-state index contributed by atoms with van der Waals surface area (Å²) in [6.07, 6.45) is 2.19. The van der Waals surface area contributed by atoms with Gasteiger partial charge in [-0.25, -0.2) is 4.79 Å². The molecule has 0 saturated heterocycles. The van der Waals surface area contributed by atoms with Gasteiger partial charge >= 0.3 is 6.16 Å². The minimum absolute atomic E-state index is 0.116. The van der Waals surface area contributed by atoms with E-state index in [4.69, 9.17) is 21.1 Å². The average molecular weight is 257 g/mol. The molecule has 0 aromatic heterocycles. The van der Waals surface area contributed by atoms with Gasteiger partial charge in [0.1, 0.15) is 11.9 Å². The van der Waals surface area contributed by atoms with Crippen LogP contribution in [0.25, 0.3) is 0 Å². The summed E-state index contributed by atoms with van der Waals surface area (Å²) in [5, 5.41) is 0.599. The van der Waals surface area contributed by atoms with Gasteiger partial charge < -0.3 is 9.47 Å². The minimum Gasteiger partial charge on any atom is -0.431 e. The molecule has 0 amide bonds. The van der Waals surface area contributed by atoms with Crippen molar-refractivity contribution in [3.8, 4) is 5.75 Å². The molecule has 17 heavy (non-hydrogen) atoms. The summed E-state index contributed by atoms with van der Waals surface area (Å²) < 4.78 is 10.1. The van der Waals surface area contributed by atoms with Crippen LogP contribution in [0, 0.1) is 0 Å². The second-order valence-electron chi connectivity index (χ2n) is 3.88. The SMILES string of the molecule is CCCCC(C)OC(=O)Oc1ccc(Cl)cc1. The monoisotopic (exact) mass is 256 g/mol. The molecular formula is C13H17ClO3. The van der Waals surface area contributed by atoms with E-state index in [1.807, 2.05) is 6.92 Å². The number of unbranched alkanes of at least 4 members (excludes halogenated alkanes) is 1. The summed E-state index contributed by atoms with van der Waals surface area (Å²) in [5.74, 6) is 0.432. The third kappa shape index (κ3) is 5.59. The topological polar surface area (TPSA) is 35.5 Å². The molecule has 3 nitrogen and oxygen atoms in total. The van der Waals surface area contributed by atoms with Gasteiger partial charge in [0.25, 0.3) is 0 Å². The number of halogens is 1. The van der Waals surface area contributed by atoms with Crippen molar-refractivity contribution in [2.45, 2.75) is 39.2 Å². The van der Waals surface area contributed by atoms with E-state index in [9.17, 15) is 4.79 Å². The van der Waals surface area contributed by atoms with Crippen LogP contribution in [-0.4, -0.2) is 12.3 Å². The van der Waals surface area contributed by atoms with E-state index in [2.05, 4.69) is 6.92 Å². The Labute approximate surface area is 107 Å². The Hall–Kier alpha value is -1.22. The number of hydrogen-bond donors (Lipinski definition) is 0. The molecule has 1 aromatic carbocycles. The van der Waals surface area contributed by atoms with Gasteiger partial charge in [0, 0.05) is 5.02 Å². The Morgan fingerprint density at radius 1 is 1.35 bits per heavy atom. The van der Waals surface area contributed by atoms with Crippen LogP contribution in [0.4, 0.5) is 4.79 Å². The summed E-state index contributed by atoms with van der Waals surface area (Å²) >= 11 is 5.72. The second kappa shape index (κ2) is 7.17.